The number of anilines is 1. The number of hydrogen-bond acceptors (Lipinski definition) is 5. The lowest BCUT2D eigenvalue weighted by Gasteiger charge is -2.11. The molecule has 0 saturated carbocycles. The van der Waals surface area contributed by atoms with Gasteiger partial charge in [0.2, 0.25) is 0 Å². The van der Waals surface area contributed by atoms with Gasteiger partial charge in [-0.05, 0) is 30.3 Å². The number of non-ortho nitro benzene ring substituents is 1. The monoisotopic (exact) mass is 362 g/mol. The lowest BCUT2D eigenvalue weighted by atomic mass is 10.1. The molecule has 2 aromatic rings. The Morgan fingerprint density at radius 2 is 1.88 bits per heavy atom. The molecule has 2 aromatic carbocycles. The van der Waals surface area contributed by atoms with Gasteiger partial charge in [-0.2, -0.15) is 0 Å². The first-order chi connectivity index (χ1) is 11.9. The fraction of sp³-hybridized carbons (Fsp3) is 0.176. The van der Waals surface area contributed by atoms with Crippen LogP contribution in [-0.2, 0) is 4.79 Å². The highest BCUT2D eigenvalue weighted by Crippen LogP contribution is 2.24. The maximum Gasteiger partial charge on any atom is 0.269 e. The number of ketones is 1. The number of nitrogens with one attached hydrogen (secondary N) is 1. The predicted molar refractivity (Wildman–Crippen MR) is 93.3 cm³/mol. The summed E-state index contributed by atoms with van der Waals surface area (Å²) < 4.78 is 5.41. The highest BCUT2D eigenvalue weighted by molar-refractivity contribution is 6.31. The molecular weight excluding hydrogens is 348 g/mol. The summed E-state index contributed by atoms with van der Waals surface area (Å²) in [4.78, 5) is 33.9. The summed E-state index contributed by atoms with van der Waals surface area (Å²) in [6.45, 7) is 1.40. The van der Waals surface area contributed by atoms with Crippen LogP contribution in [0.15, 0.2) is 42.5 Å². The Morgan fingerprint density at radius 1 is 1.20 bits per heavy atom. The lowest BCUT2D eigenvalue weighted by Crippen LogP contribution is -2.20. The van der Waals surface area contributed by atoms with Gasteiger partial charge in [0.05, 0.1) is 10.5 Å². The van der Waals surface area contributed by atoms with E-state index in [-0.39, 0.29) is 30.2 Å². The molecule has 0 aliphatic rings. The number of rotatable bonds is 7. The Hall–Kier alpha value is -2.93. The lowest BCUT2D eigenvalue weighted by molar-refractivity contribution is -0.384. The SMILES string of the molecule is CCC(=O)c1cc(Cl)ccc1OCC(=O)Nc1ccc([N+](=O)[O-])cc1. The fourth-order valence-corrected chi connectivity index (χ4v) is 2.22. The average Bonchev–Trinajstić information content (AvgIpc) is 2.60. The van der Waals surface area contributed by atoms with Gasteiger partial charge in [-0.15, -0.1) is 0 Å². The predicted octanol–water partition coefficient (Wildman–Crippen LogP) is 3.86. The van der Waals surface area contributed by atoms with E-state index in [1.165, 1.54) is 36.4 Å². The summed E-state index contributed by atoms with van der Waals surface area (Å²) >= 11 is 5.89. The Morgan fingerprint density at radius 3 is 2.48 bits per heavy atom. The minimum Gasteiger partial charge on any atom is -0.483 e. The number of carbonyl (C=O) groups excluding carboxylic acids is 2. The van der Waals surface area contributed by atoms with E-state index < -0.39 is 10.8 Å². The topological polar surface area (TPSA) is 98.5 Å². The number of nitrogens with zero attached hydrogens (tertiary/aromatic N) is 1. The molecule has 0 heterocycles. The summed E-state index contributed by atoms with van der Waals surface area (Å²) in [5.74, 6) is -0.331. The van der Waals surface area contributed by atoms with Gasteiger partial charge in [-0.3, -0.25) is 19.7 Å². The van der Waals surface area contributed by atoms with Gasteiger partial charge in [0.15, 0.2) is 12.4 Å². The Labute approximate surface area is 148 Å². The first kappa shape index (κ1) is 18.4. The summed E-state index contributed by atoms with van der Waals surface area (Å²) in [5.41, 5.74) is 0.649. The maximum absolute atomic E-state index is 11.9. The molecule has 0 bridgehead atoms. The summed E-state index contributed by atoms with van der Waals surface area (Å²) in [6.07, 6.45) is 0.283. The number of nitro groups is 1. The van der Waals surface area contributed by atoms with Gasteiger partial charge in [0.1, 0.15) is 5.75 Å². The van der Waals surface area contributed by atoms with Crippen LogP contribution >= 0.6 is 11.6 Å². The van der Waals surface area contributed by atoms with Gasteiger partial charge in [0.25, 0.3) is 11.6 Å². The quantitative estimate of drug-likeness (QED) is 0.458. The number of nitro benzene ring substituents is 1. The van der Waals surface area contributed by atoms with Crippen LogP contribution in [0.25, 0.3) is 0 Å². The number of halogens is 1. The van der Waals surface area contributed by atoms with Crippen LogP contribution in [0.1, 0.15) is 23.7 Å². The molecule has 8 heteroatoms. The second kappa shape index (κ2) is 8.25. The van der Waals surface area contributed by atoms with Crippen molar-refractivity contribution in [3.8, 4) is 5.75 Å². The van der Waals surface area contributed by atoms with E-state index in [0.717, 1.165) is 0 Å². The summed E-state index contributed by atoms with van der Waals surface area (Å²) in [6, 6.07) is 10.0. The van der Waals surface area contributed by atoms with Crippen LogP contribution in [0.5, 0.6) is 5.75 Å². The van der Waals surface area contributed by atoms with Gasteiger partial charge < -0.3 is 10.1 Å². The largest absolute Gasteiger partial charge is 0.483 e. The normalized spacial score (nSPS) is 10.2. The number of ether oxygens (including phenoxy) is 1. The molecule has 2 rings (SSSR count). The molecule has 0 atom stereocenters. The Balaban J connectivity index is 2.00. The van der Waals surface area contributed by atoms with E-state index in [1.807, 2.05) is 0 Å². The highest BCUT2D eigenvalue weighted by atomic mass is 35.5. The minimum atomic E-state index is -0.526. The number of Topliss-reactive ketones (excluding diaryl/α,β-unsaturated/α-hetero) is 1. The van der Waals surface area contributed by atoms with Crippen LogP contribution < -0.4 is 10.1 Å². The summed E-state index contributed by atoms with van der Waals surface area (Å²) in [7, 11) is 0. The van der Waals surface area contributed by atoms with E-state index in [4.69, 9.17) is 16.3 Å². The molecule has 25 heavy (non-hydrogen) atoms. The molecule has 0 radical (unpaired) electrons. The molecule has 0 aliphatic carbocycles. The molecule has 0 spiro atoms. The average molecular weight is 363 g/mol. The molecule has 0 aromatic heterocycles. The van der Waals surface area contributed by atoms with E-state index in [0.29, 0.717) is 16.3 Å². The van der Waals surface area contributed by atoms with Crippen molar-refractivity contribution in [1.82, 2.24) is 0 Å². The van der Waals surface area contributed by atoms with Crippen LogP contribution in [0, 0.1) is 10.1 Å². The van der Waals surface area contributed by atoms with Crippen molar-refractivity contribution in [2.24, 2.45) is 0 Å². The van der Waals surface area contributed by atoms with Crippen molar-refractivity contribution in [3.05, 3.63) is 63.2 Å². The zero-order chi connectivity index (χ0) is 18.4. The standard InChI is InChI=1S/C17H15ClN2O5/c1-2-15(21)14-9-11(18)3-8-16(14)25-10-17(22)19-12-4-6-13(7-5-12)20(23)24/h3-9H,2,10H2,1H3,(H,19,22). The second-order valence-corrected chi connectivity index (χ2v) is 5.49. The van der Waals surface area contributed by atoms with Gasteiger partial charge in [-0.1, -0.05) is 18.5 Å². The molecule has 0 saturated heterocycles. The van der Waals surface area contributed by atoms with Crippen molar-refractivity contribution >= 4 is 34.7 Å². The Kier molecular flexibility index (Phi) is 6.08. The highest BCUT2D eigenvalue weighted by Gasteiger charge is 2.13. The smallest absolute Gasteiger partial charge is 0.269 e. The number of amides is 1. The van der Waals surface area contributed by atoms with Crippen LogP contribution in [0.3, 0.4) is 0 Å². The first-order valence-electron chi connectivity index (χ1n) is 7.40. The number of carbonyl (C=O) groups is 2. The van der Waals surface area contributed by atoms with Crippen molar-refractivity contribution in [1.29, 1.82) is 0 Å². The van der Waals surface area contributed by atoms with Gasteiger partial charge in [-0.25, -0.2) is 0 Å². The third kappa shape index (κ3) is 5.02. The zero-order valence-electron chi connectivity index (χ0n) is 13.3. The van der Waals surface area contributed by atoms with E-state index in [9.17, 15) is 19.7 Å². The second-order valence-electron chi connectivity index (χ2n) is 5.06. The van der Waals surface area contributed by atoms with Crippen LogP contribution in [0.4, 0.5) is 11.4 Å². The molecule has 1 N–H and O–H groups in total. The van der Waals surface area contributed by atoms with Crippen LogP contribution in [0.2, 0.25) is 5.02 Å². The van der Waals surface area contributed by atoms with Crippen molar-refractivity contribution in [3.63, 3.8) is 0 Å². The summed E-state index contributed by atoms with van der Waals surface area (Å²) in [5, 5.41) is 13.5. The molecule has 7 nitrogen and oxygen atoms in total. The molecular formula is C17H15ClN2O5. The van der Waals surface area contributed by atoms with E-state index >= 15 is 0 Å². The zero-order valence-corrected chi connectivity index (χ0v) is 14.1. The minimum absolute atomic E-state index is 0.0712. The molecule has 0 unspecified atom stereocenters. The molecule has 130 valence electrons. The van der Waals surface area contributed by atoms with Gasteiger partial charge >= 0.3 is 0 Å². The number of benzene rings is 2. The van der Waals surface area contributed by atoms with E-state index in [2.05, 4.69) is 5.32 Å². The van der Waals surface area contributed by atoms with Crippen molar-refractivity contribution in [2.75, 3.05) is 11.9 Å². The van der Waals surface area contributed by atoms with Crippen molar-refractivity contribution < 1.29 is 19.2 Å². The Bertz CT molecular complexity index is 805. The number of hydrogen-bond donors (Lipinski definition) is 1. The molecule has 0 aliphatic heterocycles. The fourth-order valence-electron chi connectivity index (χ4n) is 2.04. The molecule has 1 amide bonds. The first-order valence-corrected chi connectivity index (χ1v) is 7.78. The molecule has 0 fully saturated rings. The van der Waals surface area contributed by atoms with E-state index in [1.54, 1.807) is 13.0 Å². The van der Waals surface area contributed by atoms with Gasteiger partial charge in [0, 0.05) is 29.3 Å². The maximum atomic E-state index is 11.9. The van der Waals surface area contributed by atoms with Crippen LogP contribution in [-0.4, -0.2) is 23.2 Å². The van der Waals surface area contributed by atoms with Crippen molar-refractivity contribution in [2.45, 2.75) is 13.3 Å². The third-order valence-corrected chi connectivity index (χ3v) is 3.52. The third-order valence-electron chi connectivity index (χ3n) is 3.28.